The van der Waals surface area contributed by atoms with E-state index in [0.717, 1.165) is 29.7 Å². The van der Waals surface area contributed by atoms with Crippen molar-refractivity contribution in [2.75, 3.05) is 20.6 Å². The molecule has 0 aromatic heterocycles. The highest BCUT2D eigenvalue weighted by Gasteiger charge is 2.37. The van der Waals surface area contributed by atoms with Crippen LogP contribution in [-0.2, 0) is 12.2 Å². The Morgan fingerprint density at radius 3 is 2.74 bits per heavy atom. The van der Waals surface area contributed by atoms with Gasteiger partial charge in [-0.1, -0.05) is 35.9 Å². The van der Waals surface area contributed by atoms with Crippen molar-refractivity contribution in [1.82, 2.24) is 4.90 Å². The lowest BCUT2D eigenvalue weighted by atomic mass is 9.80. The average molecular weight is 332 g/mol. The number of benzene rings is 2. The maximum Gasteiger partial charge on any atom is 0.126 e. The zero-order valence-corrected chi connectivity index (χ0v) is 14.3. The molecule has 2 aromatic carbocycles. The van der Waals surface area contributed by atoms with Crippen molar-refractivity contribution in [2.24, 2.45) is 0 Å². The maximum atomic E-state index is 11.6. The Kier molecular flexibility index (Phi) is 4.62. The fraction of sp³-hybridized carbons (Fsp3) is 0.368. The van der Waals surface area contributed by atoms with Crippen molar-refractivity contribution in [3.8, 4) is 5.75 Å². The number of rotatable bonds is 4. The number of halogens is 1. The van der Waals surface area contributed by atoms with Crippen LogP contribution in [0.4, 0.5) is 0 Å². The third-order valence-electron chi connectivity index (χ3n) is 4.38. The molecule has 0 saturated heterocycles. The summed E-state index contributed by atoms with van der Waals surface area (Å²) in [5, 5.41) is 12.2. The Bertz CT molecular complexity index is 702. The maximum absolute atomic E-state index is 11.6. The number of hydrogen-bond acceptors (Lipinski definition) is 3. The summed E-state index contributed by atoms with van der Waals surface area (Å²) in [7, 11) is 4.08. The molecule has 0 bridgehead atoms. The van der Waals surface area contributed by atoms with Gasteiger partial charge in [0.1, 0.15) is 18.0 Å². The second-order valence-corrected chi connectivity index (χ2v) is 6.79. The molecule has 0 spiro atoms. The number of ether oxygens (including phenoxy) is 1. The summed E-state index contributed by atoms with van der Waals surface area (Å²) in [6.07, 6.45) is 1.50. The Morgan fingerprint density at radius 2 is 1.96 bits per heavy atom. The molecule has 0 amide bonds. The minimum Gasteiger partial charge on any atom is -0.488 e. The molecule has 2 aromatic rings. The molecule has 0 aliphatic carbocycles. The van der Waals surface area contributed by atoms with Gasteiger partial charge in [0, 0.05) is 10.6 Å². The van der Waals surface area contributed by atoms with Crippen LogP contribution in [-0.4, -0.2) is 30.6 Å². The van der Waals surface area contributed by atoms with Crippen molar-refractivity contribution < 1.29 is 9.84 Å². The van der Waals surface area contributed by atoms with Crippen LogP contribution >= 0.6 is 11.6 Å². The molecule has 0 unspecified atom stereocenters. The Morgan fingerprint density at radius 1 is 1.17 bits per heavy atom. The van der Waals surface area contributed by atoms with Crippen LogP contribution < -0.4 is 4.74 Å². The summed E-state index contributed by atoms with van der Waals surface area (Å²) >= 11 is 6.19. The fourth-order valence-corrected chi connectivity index (χ4v) is 3.39. The molecular formula is C19H22ClNO2. The summed E-state index contributed by atoms with van der Waals surface area (Å²) < 4.78 is 5.92. The van der Waals surface area contributed by atoms with Crippen LogP contribution in [0.2, 0.25) is 5.02 Å². The predicted octanol–water partition coefficient (Wildman–Crippen LogP) is 3.81. The molecule has 0 radical (unpaired) electrons. The number of hydrogen-bond donors (Lipinski definition) is 1. The molecule has 1 aliphatic rings. The lowest BCUT2D eigenvalue weighted by Gasteiger charge is -2.30. The highest BCUT2D eigenvalue weighted by molar-refractivity contribution is 6.30. The fourth-order valence-electron chi connectivity index (χ4n) is 3.22. The van der Waals surface area contributed by atoms with Crippen LogP contribution in [0.5, 0.6) is 5.75 Å². The van der Waals surface area contributed by atoms with E-state index in [9.17, 15) is 5.11 Å². The first-order valence-electron chi connectivity index (χ1n) is 7.89. The topological polar surface area (TPSA) is 32.7 Å². The van der Waals surface area contributed by atoms with E-state index in [1.807, 2.05) is 50.5 Å². The van der Waals surface area contributed by atoms with Gasteiger partial charge in [-0.2, -0.15) is 0 Å². The van der Waals surface area contributed by atoms with Gasteiger partial charge < -0.3 is 14.7 Å². The van der Waals surface area contributed by atoms with Crippen molar-refractivity contribution in [1.29, 1.82) is 0 Å². The molecule has 1 N–H and O–H groups in total. The molecule has 1 aliphatic heterocycles. The third kappa shape index (κ3) is 3.23. The first-order chi connectivity index (χ1) is 11.0. The van der Waals surface area contributed by atoms with Crippen LogP contribution in [0.25, 0.3) is 0 Å². The van der Waals surface area contributed by atoms with E-state index in [4.69, 9.17) is 16.3 Å². The van der Waals surface area contributed by atoms with Crippen molar-refractivity contribution in [3.63, 3.8) is 0 Å². The Labute approximate surface area is 142 Å². The van der Waals surface area contributed by atoms with Gasteiger partial charge >= 0.3 is 0 Å². The molecule has 0 saturated carbocycles. The van der Waals surface area contributed by atoms with Gasteiger partial charge in [0.15, 0.2) is 0 Å². The quantitative estimate of drug-likeness (QED) is 0.924. The van der Waals surface area contributed by atoms with Gasteiger partial charge in [0.2, 0.25) is 0 Å². The van der Waals surface area contributed by atoms with Crippen molar-refractivity contribution in [3.05, 3.63) is 64.2 Å². The van der Waals surface area contributed by atoms with Crippen LogP contribution in [0.15, 0.2) is 42.5 Å². The van der Waals surface area contributed by atoms with E-state index in [2.05, 4.69) is 4.90 Å². The molecule has 1 atom stereocenters. The van der Waals surface area contributed by atoms with E-state index in [0.29, 0.717) is 23.8 Å². The summed E-state index contributed by atoms with van der Waals surface area (Å²) in [5.41, 5.74) is 1.62. The molecule has 0 fully saturated rings. The van der Waals surface area contributed by atoms with E-state index in [-0.39, 0.29) is 0 Å². The lowest BCUT2D eigenvalue weighted by Crippen LogP contribution is -2.29. The zero-order chi connectivity index (χ0) is 16.4. The minimum atomic E-state index is -1.08. The number of aliphatic hydroxyl groups is 1. The molecule has 3 nitrogen and oxygen atoms in total. The van der Waals surface area contributed by atoms with Crippen LogP contribution in [0, 0.1) is 0 Å². The van der Waals surface area contributed by atoms with Crippen LogP contribution in [0.1, 0.15) is 29.5 Å². The monoisotopic (exact) mass is 331 g/mol. The molecule has 3 rings (SSSR count). The standard InChI is InChI=1S/C19H22ClNO2/c1-21(2)11-5-10-19(22)16-7-4-3-6-14(16)13-23-18-9-8-15(20)12-17(18)19/h3-4,6-9,12,22H,5,10-11,13H2,1-2H3/t19-/m0/s1. The van der Waals surface area contributed by atoms with E-state index >= 15 is 0 Å². The first-order valence-corrected chi connectivity index (χ1v) is 8.27. The highest BCUT2D eigenvalue weighted by atomic mass is 35.5. The predicted molar refractivity (Wildman–Crippen MR) is 93.0 cm³/mol. The normalized spacial score (nSPS) is 19.7. The zero-order valence-electron chi connectivity index (χ0n) is 13.6. The second-order valence-electron chi connectivity index (χ2n) is 6.35. The third-order valence-corrected chi connectivity index (χ3v) is 4.61. The van der Waals surface area contributed by atoms with Gasteiger partial charge in [-0.25, -0.2) is 0 Å². The van der Waals surface area contributed by atoms with Gasteiger partial charge in [-0.3, -0.25) is 0 Å². The molecule has 4 heteroatoms. The van der Waals surface area contributed by atoms with Crippen molar-refractivity contribution >= 4 is 11.6 Å². The molecule has 1 heterocycles. The number of fused-ring (bicyclic) bond motifs is 2. The van der Waals surface area contributed by atoms with E-state index in [1.54, 1.807) is 6.07 Å². The van der Waals surface area contributed by atoms with Gasteiger partial charge in [-0.15, -0.1) is 0 Å². The second kappa shape index (κ2) is 6.52. The highest BCUT2D eigenvalue weighted by Crippen LogP contribution is 2.44. The Hall–Kier alpha value is -1.55. The molecule has 122 valence electrons. The molecule has 23 heavy (non-hydrogen) atoms. The van der Waals surface area contributed by atoms with Crippen molar-refractivity contribution in [2.45, 2.75) is 25.0 Å². The Balaban J connectivity index is 2.09. The van der Waals surface area contributed by atoms with E-state index < -0.39 is 5.60 Å². The summed E-state index contributed by atoms with van der Waals surface area (Å²) in [4.78, 5) is 2.13. The largest absolute Gasteiger partial charge is 0.488 e. The summed E-state index contributed by atoms with van der Waals surface area (Å²) in [6.45, 7) is 1.38. The lowest BCUT2D eigenvalue weighted by molar-refractivity contribution is 0.0658. The SMILES string of the molecule is CN(C)CCC[C@]1(O)c2ccccc2COc2ccc(Cl)cc21. The molecular weight excluding hydrogens is 310 g/mol. The van der Waals surface area contributed by atoms with Gasteiger partial charge in [-0.05, 0) is 62.8 Å². The average Bonchev–Trinajstić information content (AvgIpc) is 2.64. The minimum absolute atomic E-state index is 0.459. The van der Waals surface area contributed by atoms with Gasteiger partial charge in [0.25, 0.3) is 0 Å². The summed E-state index contributed by atoms with van der Waals surface area (Å²) in [5.74, 6) is 0.706. The van der Waals surface area contributed by atoms with Crippen LogP contribution in [0.3, 0.4) is 0 Å². The van der Waals surface area contributed by atoms with E-state index in [1.165, 1.54) is 0 Å². The smallest absolute Gasteiger partial charge is 0.126 e. The first kappa shape index (κ1) is 16.3. The summed E-state index contributed by atoms with van der Waals surface area (Å²) in [6, 6.07) is 13.4. The van der Waals surface area contributed by atoms with Gasteiger partial charge in [0.05, 0.1) is 0 Å². The number of nitrogens with zero attached hydrogens (tertiary/aromatic N) is 1.